The second-order valence-electron chi connectivity index (χ2n) is 5.65. The van der Waals surface area contributed by atoms with Gasteiger partial charge in [-0.05, 0) is 33.1 Å². The number of nitrogens with two attached hydrogens (primary N) is 1. The fourth-order valence-electron chi connectivity index (χ4n) is 2.03. The Kier molecular flexibility index (Phi) is 7.83. The van der Waals surface area contributed by atoms with Gasteiger partial charge in [-0.25, -0.2) is 0 Å². The maximum absolute atomic E-state index is 11.9. The first-order valence-corrected chi connectivity index (χ1v) is 6.64. The van der Waals surface area contributed by atoms with E-state index in [2.05, 4.69) is 5.32 Å². The molecule has 0 heterocycles. The number of carbonyl (C=O) groups is 1. The first kappa shape index (κ1) is 17.7. The molecule has 1 unspecified atom stereocenters. The highest BCUT2D eigenvalue weighted by Crippen LogP contribution is 2.22. The summed E-state index contributed by atoms with van der Waals surface area (Å²) in [6, 6.07) is 0. The lowest BCUT2D eigenvalue weighted by Crippen LogP contribution is -2.48. The normalized spacial score (nSPS) is 18.2. The van der Waals surface area contributed by atoms with Crippen molar-refractivity contribution < 1.29 is 9.53 Å². The van der Waals surface area contributed by atoms with Crippen molar-refractivity contribution in [1.29, 1.82) is 0 Å². The van der Waals surface area contributed by atoms with Crippen LogP contribution in [0, 0.1) is 0 Å². The molecule has 0 aliphatic heterocycles. The zero-order chi connectivity index (χ0) is 12.9. The van der Waals surface area contributed by atoms with Crippen LogP contribution in [0.5, 0.6) is 0 Å². The average molecular weight is 279 g/mol. The zero-order valence-electron chi connectivity index (χ0n) is 11.7. The van der Waals surface area contributed by atoms with Crippen LogP contribution in [0.1, 0.15) is 52.9 Å². The van der Waals surface area contributed by atoms with E-state index in [0.29, 0.717) is 13.0 Å². The monoisotopic (exact) mass is 278 g/mol. The van der Waals surface area contributed by atoms with Crippen LogP contribution in [-0.4, -0.2) is 30.2 Å². The Labute approximate surface area is 116 Å². The lowest BCUT2D eigenvalue weighted by atomic mass is 10.1. The van der Waals surface area contributed by atoms with Crippen LogP contribution in [0.4, 0.5) is 0 Å². The molecule has 1 aliphatic carbocycles. The molecule has 4 nitrogen and oxygen atoms in total. The number of hydrogen-bond acceptors (Lipinski definition) is 3. The van der Waals surface area contributed by atoms with Crippen molar-refractivity contribution >= 4 is 18.3 Å². The summed E-state index contributed by atoms with van der Waals surface area (Å²) in [4.78, 5) is 11.9. The Balaban J connectivity index is 0.00000289. The summed E-state index contributed by atoms with van der Waals surface area (Å²) >= 11 is 0. The van der Waals surface area contributed by atoms with Gasteiger partial charge in [0.25, 0.3) is 0 Å². The summed E-state index contributed by atoms with van der Waals surface area (Å²) in [6.45, 7) is 6.25. The molecule has 1 atom stereocenters. The number of halogens is 1. The van der Waals surface area contributed by atoms with Crippen LogP contribution in [0.2, 0.25) is 0 Å². The van der Waals surface area contributed by atoms with Crippen molar-refractivity contribution in [1.82, 2.24) is 5.32 Å². The van der Waals surface area contributed by atoms with Crippen LogP contribution < -0.4 is 11.1 Å². The van der Waals surface area contributed by atoms with Crippen molar-refractivity contribution in [3.05, 3.63) is 0 Å². The van der Waals surface area contributed by atoms with E-state index in [9.17, 15) is 4.79 Å². The SMILES string of the molecule is CCC(OC1CCCC1)C(=O)NCC(C)(C)N.Cl. The number of rotatable bonds is 6. The van der Waals surface area contributed by atoms with Gasteiger partial charge in [0.05, 0.1) is 6.10 Å². The molecule has 1 fully saturated rings. The lowest BCUT2D eigenvalue weighted by Gasteiger charge is -2.23. The van der Waals surface area contributed by atoms with Crippen molar-refractivity contribution in [2.24, 2.45) is 5.73 Å². The van der Waals surface area contributed by atoms with Crippen LogP contribution >= 0.6 is 12.4 Å². The molecular weight excluding hydrogens is 252 g/mol. The third kappa shape index (κ3) is 6.57. The summed E-state index contributed by atoms with van der Waals surface area (Å²) in [5.41, 5.74) is 5.46. The number of carbonyl (C=O) groups excluding carboxylic acids is 1. The van der Waals surface area contributed by atoms with Gasteiger partial charge >= 0.3 is 0 Å². The van der Waals surface area contributed by atoms with Crippen LogP contribution in [0.15, 0.2) is 0 Å². The Bertz CT molecular complexity index is 248. The van der Waals surface area contributed by atoms with Gasteiger partial charge in [-0.15, -0.1) is 12.4 Å². The minimum atomic E-state index is -0.374. The zero-order valence-corrected chi connectivity index (χ0v) is 12.5. The van der Waals surface area contributed by atoms with E-state index in [0.717, 1.165) is 12.8 Å². The summed E-state index contributed by atoms with van der Waals surface area (Å²) in [5.74, 6) is -0.0297. The quantitative estimate of drug-likeness (QED) is 0.781. The topological polar surface area (TPSA) is 64.3 Å². The van der Waals surface area contributed by atoms with Crippen LogP contribution in [0.3, 0.4) is 0 Å². The molecule has 1 aliphatic rings. The second-order valence-corrected chi connectivity index (χ2v) is 5.65. The lowest BCUT2D eigenvalue weighted by molar-refractivity contribution is -0.137. The van der Waals surface area contributed by atoms with E-state index in [-0.39, 0.29) is 36.1 Å². The molecule has 0 saturated heterocycles. The van der Waals surface area contributed by atoms with Gasteiger partial charge in [0, 0.05) is 12.1 Å². The fourth-order valence-corrected chi connectivity index (χ4v) is 2.03. The molecule has 1 amide bonds. The first-order chi connectivity index (χ1) is 7.92. The molecule has 1 saturated carbocycles. The van der Waals surface area contributed by atoms with E-state index in [1.165, 1.54) is 12.8 Å². The Morgan fingerprint density at radius 3 is 2.44 bits per heavy atom. The molecule has 0 aromatic carbocycles. The molecule has 0 aromatic rings. The maximum atomic E-state index is 11.9. The summed E-state index contributed by atoms with van der Waals surface area (Å²) in [7, 11) is 0. The van der Waals surface area contributed by atoms with Gasteiger partial charge < -0.3 is 15.8 Å². The van der Waals surface area contributed by atoms with Crippen molar-refractivity contribution in [3.8, 4) is 0 Å². The van der Waals surface area contributed by atoms with Crippen molar-refractivity contribution in [3.63, 3.8) is 0 Å². The molecule has 108 valence electrons. The number of hydrogen-bond donors (Lipinski definition) is 2. The van der Waals surface area contributed by atoms with Crippen LogP contribution in [-0.2, 0) is 9.53 Å². The van der Waals surface area contributed by atoms with E-state index < -0.39 is 0 Å². The third-order valence-corrected chi connectivity index (χ3v) is 3.04. The number of ether oxygens (including phenoxy) is 1. The maximum Gasteiger partial charge on any atom is 0.249 e. The Morgan fingerprint density at radius 1 is 1.44 bits per heavy atom. The Morgan fingerprint density at radius 2 is 2.00 bits per heavy atom. The van der Waals surface area contributed by atoms with Crippen molar-refractivity contribution in [2.75, 3.05) is 6.54 Å². The minimum Gasteiger partial charge on any atom is -0.365 e. The molecular formula is C13H27ClN2O2. The van der Waals surface area contributed by atoms with Gasteiger partial charge in [-0.3, -0.25) is 4.79 Å². The molecule has 18 heavy (non-hydrogen) atoms. The molecule has 1 rings (SSSR count). The molecule has 3 N–H and O–H groups in total. The molecule has 5 heteroatoms. The van der Waals surface area contributed by atoms with E-state index in [4.69, 9.17) is 10.5 Å². The third-order valence-electron chi connectivity index (χ3n) is 3.04. The molecule has 0 spiro atoms. The second kappa shape index (κ2) is 7.97. The van der Waals surface area contributed by atoms with Gasteiger partial charge in [0.2, 0.25) is 5.91 Å². The molecule has 0 radical (unpaired) electrons. The predicted octanol–water partition coefficient (Wildman–Crippen LogP) is 2.00. The predicted molar refractivity (Wildman–Crippen MR) is 75.9 cm³/mol. The fraction of sp³-hybridized carbons (Fsp3) is 0.923. The number of amides is 1. The van der Waals surface area contributed by atoms with Crippen LogP contribution in [0.25, 0.3) is 0 Å². The van der Waals surface area contributed by atoms with Crippen molar-refractivity contribution in [2.45, 2.75) is 70.6 Å². The van der Waals surface area contributed by atoms with E-state index in [1.54, 1.807) is 0 Å². The summed E-state index contributed by atoms with van der Waals surface area (Å²) in [5, 5.41) is 2.86. The standard InChI is InChI=1S/C13H26N2O2.ClH/c1-4-11(17-10-7-5-6-8-10)12(16)15-9-13(2,3)14;/h10-11H,4-9,14H2,1-3H3,(H,15,16);1H. The highest BCUT2D eigenvalue weighted by molar-refractivity contribution is 5.85. The summed E-state index contributed by atoms with van der Waals surface area (Å²) < 4.78 is 5.83. The highest BCUT2D eigenvalue weighted by atomic mass is 35.5. The van der Waals surface area contributed by atoms with E-state index in [1.807, 2.05) is 20.8 Å². The van der Waals surface area contributed by atoms with E-state index >= 15 is 0 Å². The molecule has 0 aromatic heterocycles. The van der Waals surface area contributed by atoms with Gasteiger partial charge in [0.15, 0.2) is 0 Å². The first-order valence-electron chi connectivity index (χ1n) is 6.64. The van der Waals surface area contributed by atoms with Gasteiger partial charge in [0.1, 0.15) is 6.10 Å². The molecule has 0 bridgehead atoms. The largest absolute Gasteiger partial charge is 0.365 e. The number of nitrogens with one attached hydrogen (secondary N) is 1. The summed E-state index contributed by atoms with van der Waals surface area (Å²) in [6.07, 6.45) is 5.29. The smallest absolute Gasteiger partial charge is 0.249 e. The van der Waals surface area contributed by atoms with Gasteiger partial charge in [-0.1, -0.05) is 19.8 Å². The minimum absolute atomic E-state index is 0. The highest BCUT2D eigenvalue weighted by Gasteiger charge is 2.25. The average Bonchev–Trinajstić information content (AvgIpc) is 2.74. The Hall–Kier alpha value is -0.320. The van der Waals surface area contributed by atoms with Gasteiger partial charge in [-0.2, -0.15) is 0 Å².